The number of nitrogens with one attached hydrogen (secondary N) is 4. The Bertz CT molecular complexity index is 977. The van der Waals surface area contributed by atoms with Crippen molar-refractivity contribution in [1.82, 2.24) is 36.1 Å². The van der Waals surface area contributed by atoms with Crippen LogP contribution in [0.5, 0.6) is 0 Å². The molecule has 14 nitrogen and oxygen atoms in total. The average Bonchev–Trinajstić information content (AvgIpc) is 3.02. The first kappa shape index (κ1) is 18.5. The molecule has 3 saturated heterocycles. The zero-order valence-electron chi connectivity index (χ0n) is 15.3. The number of hydroxylamine groups is 2. The molecule has 1 saturated carbocycles. The summed E-state index contributed by atoms with van der Waals surface area (Å²) in [4.78, 5) is 14.2. The lowest BCUT2D eigenvalue weighted by atomic mass is 9.85. The SMILES string of the molecule is CNC1NC(=N)NC1c1nnc([C@@H]2CC3(CC3)[C@@H]3CN2C(=O)N3OS(=O)(=O)O)o1. The van der Waals surface area contributed by atoms with Crippen molar-refractivity contribution in [3.63, 3.8) is 0 Å². The second kappa shape index (κ2) is 6.01. The lowest BCUT2D eigenvalue weighted by Gasteiger charge is -2.34. The van der Waals surface area contributed by atoms with Gasteiger partial charge in [-0.25, -0.2) is 4.79 Å². The van der Waals surface area contributed by atoms with Gasteiger partial charge in [0.25, 0.3) is 0 Å². The first-order valence-corrected chi connectivity index (χ1v) is 10.5. The van der Waals surface area contributed by atoms with Crippen molar-refractivity contribution in [2.75, 3.05) is 13.6 Å². The molecule has 1 aromatic heterocycles. The van der Waals surface area contributed by atoms with Gasteiger partial charge in [0.05, 0.1) is 6.04 Å². The molecule has 5 N–H and O–H groups in total. The van der Waals surface area contributed by atoms with Crippen molar-refractivity contribution >= 4 is 22.4 Å². The van der Waals surface area contributed by atoms with Gasteiger partial charge < -0.3 is 20.0 Å². The molecular weight excluding hydrogens is 408 g/mol. The highest BCUT2D eigenvalue weighted by molar-refractivity contribution is 7.80. The number of aromatic nitrogens is 2. The van der Waals surface area contributed by atoms with Gasteiger partial charge in [-0.1, -0.05) is 0 Å². The fraction of sp³-hybridized carbons (Fsp3) is 0.714. The van der Waals surface area contributed by atoms with E-state index in [0.29, 0.717) is 6.42 Å². The summed E-state index contributed by atoms with van der Waals surface area (Å²) >= 11 is 0. The molecule has 2 amide bonds. The number of carbonyl (C=O) groups is 1. The highest BCUT2D eigenvalue weighted by Gasteiger charge is 2.65. The van der Waals surface area contributed by atoms with E-state index in [4.69, 9.17) is 14.4 Å². The molecule has 5 rings (SSSR count). The molecule has 3 aliphatic heterocycles. The minimum atomic E-state index is -4.82. The molecule has 2 bridgehead atoms. The normalized spacial score (nSPS) is 32.6. The van der Waals surface area contributed by atoms with Gasteiger partial charge in [-0.15, -0.1) is 14.5 Å². The Hall–Kier alpha value is -2.49. The van der Waals surface area contributed by atoms with Gasteiger partial charge in [0.15, 0.2) is 5.96 Å². The van der Waals surface area contributed by atoms with Crippen LogP contribution in [-0.2, 0) is 14.7 Å². The van der Waals surface area contributed by atoms with Crippen LogP contribution in [0, 0.1) is 10.8 Å². The highest BCUT2D eigenvalue weighted by Crippen LogP contribution is 2.61. The third-order valence-corrected chi connectivity index (χ3v) is 6.44. The molecule has 1 aromatic rings. The van der Waals surface area contributed by atoms with Crippen molar-refractivity contribution in [1.29, 1.82) is 5.41 Å². The lowest BCUT2D eigenvalue weighted by molar-refractivity contribution is -0.0530. The summed E-state index contributed by atoms with van der Waals surface area (Å²) in [5.74, 6) is 0.625. The number of piperidine rings is 1. The molecule has 4 fully saturated rings. The molecule has 4 heterocycles. The number of nitrogens with zero attached hydrogens (tertiary/aromatic N) is 4. The first-order valence-electron chi connectivity index (χ1n) is 9.10. The fourth-order valence-corrected chi connectivity index (χ4v) is 4.88. The number of urea groups is 1. The molecule has 158 valence electrons. The molecule has 4 atom stereocenters. The summed E-state index contributed by atoms with van der Waals surface area (Å²) in [7, 11) is -3.09. The number of fused-ring (bicyclic) bond motifs is 3. The number of hydrogen-bond acceptors (Lipinski definition) is 9. The van der Waals surface area contributed by atoms with Crippen molar-refractivity contribution in [2.45, 2.75) is 43.6 Å². The molecule has 1 aliphatic carbocycles. The monoisotopic (exact) mass is 428 g/mol. The summed E-state index contributed by atoms with van der Waals surface area (Å²) in [5.41, 5.74) is -0.310. The van der Waals surface area contributed by atoms with Crippen LogP contribution < -0.4 is 16.0 Å². The molecule has 0 aromatic carbocycles. The molecule has 15 heteroatoms. The smallest absolute Gasteiger partial charge is 0.418 e. The molecule has 2 unspecified atom stereocenters. The number of carbonyl (C=O) groups excluding carboxylic acids is 1. The van der Waals surface area contributed by atoms with Crippen molar-refractivity contribution in [3.05, 3.63) is 11.8 Å². The number of amides is 2. The molecule has 1 spiro atoms. The molecule has 0 radical (unpaired) electrons. The van der Waals surface area contributed by atoms with E-state index in [0.717, 1.165) is 17.9 Å². The maximum absolute atomic E-state index is 12.8. The average molecular weight is 428 g/mol. The van der Waals surface area contributed by atoms with Crippen molar-refractivity contribution in [2.24, 2.45) is 5.41 Å². The van der Waals surface area contributed by atoms with Gasteiger partial charge >= 0.3 is 16.4 Å². The second-order valence-electron chi connectivity index (χ2n) is 7.75. The number of guanidine groups is 1. The predicted octanol–water partition coefficient (Wildman–Crippen LogP) is -1.15. The van der Waals surface area contributed by atoms with E-state index < -0.39 is 34.6 Å². The maximum atomic E-state index is 12.8. The Labute approximate surface area is 165 Å². The summed E-state index contributed by atoms with van der Waals surface area (Å²) in [5, 5.41) is 25.5. The van der Waals surface area contributed by atoms with Crippen molar-refractivity contribution < 1.29 is 26.5 Å². The molecular formula is C14H20N8O6S. The maximum Gasteiger partial charge on any atom is 0.418 e. The summed E-state index contributed by atoms with van der Waals surface area (Å²) in [6.45, 7) is 0.240. The van der Waals surface area contributed by atoms with Crippen LogP contribution in [0.4, 0.5) is 4.79 Å². The minimum Gasteiger partial charge on any atom is -0.421 e. The Morgan fingerprint density at radius 3 is 2.72 bits per heavy atom. The van der Waals surface area contributed by atoms with Crippen LogP contribution in [0.15, 0.2) is 4.42 Å². The highest BCUT2D eigenvalue weighted by atomic mass is 32.3. The fourth-order valence-electron chi connectivity index (χ4n) is 4.51. The summed E-state index contributed by atoms with van der Waals surface area (Å²) in [6, 6.07) is -2.12. The van der Waals surface area contributed by atoms with Gasteiger partial charge in [-0.3, -0.25) is 15.3 Å². The van der Waals surface area contributed by atoms with E-state index in [1.807, 2.05) is 0 Å². The van der Waals surface area contributed by atoms with Crippen LogP contribution in [0.3, 0.4) is 0 Å². The van der Waals surface area contributed by atoms with E-state index in [2.05, 4.69) is 30.4 Å². The zero-order chi connectivity index (χ0) is 20.6. The van der Waals surface area contributed by atoms with Crippen molar-refractivity contribution in [3.8, 4) is 0 Å². The van der Waals surface area contributed by atoms with E-state index >= 15 is 0 Å². The Morgan fingerprint density at radius 1 is 1.34 bits per heavy atom. The topological polar surface area (TPSA) is 186 Å². The third kappa shape index (κ3) is 2.92. The van der Waals surface area contributed by atoms with E-state index in [-0.39, 0.29) is 35.9 Å². The van der Waals surface area contributed by atoms with Gasteiger partial charge in [-0.2, -0.15) is 13.5 Å². The molecule has 4 aliphatic rings. The Morgan fingerprint density at radius 2 is 2.07 bits per heavy atom. The van der Waals surface area contributed by atoms with E-state index in [1.54, 1.807) is 7.05 Å². The number of likely N-dealkylation sites (N-methyl/N-ethyl adjacent to an activating group) is 1. The zero-order valence-corrected chi connectivity index (χ0v) is 16.1. The first-order chi connectivity index (χ1) is 13.7. The molecule has 29 heavy (non-hydrogen) atoms. The van der Waals surface area contributed by atoms with E-state index in [9.17, 15) is 13.2 Å². The van der Waals surface area contributed by atoms with Crippen LogP contribution in [0.1, 0.15) is 43.1 Å². The van der Waals surface area contributed by atoms with Gasteiger partial charge in [0.1, 0.15) is 18.2 Å². The van der Waals surface area contributed by atoms with Crippen LogP contribution in [-0.4, -0.2) is 70.9 Å². The van der Waals surface area contributed by atoms with Gasteiger partial charge in [-0.05, 0) is 31.7 Å². The van der Waals surface area contributed by atoms with Crippen LogP contribution >= 0.6 is 0 Å². The summed E-state index contributed by atoms with van der Waals surface area (Å²) in [6.07, 6.45) is 1.81. The second-order valence-corrected chi connectivity index (χ2v) is 8.75. The summed E-state index contributed by atoms with van der Waals surface area (Å²) < 4.78 is 41.8. The third-order valence-electron chi connectivity index (χ3n) is 6.09. The van der Waals surface area contributed by atoms with E-state index in [1.165, 1.54) is 4.90 Å². The van der Waals surface area contributed by atoms with Crippen LogP contribution in [0.2, 0.25) is 0 Å². The minimum absolute atomic E-state index is 0.124. The number of rotatable bonds is 5. The Balaban J connectivity index is 1.43. The Kier molecular flexibility index (Phi) is 3.84. The lowest BCUT2D eigenvalue weighted by Crippen LogP contribution is -2.43. The van der Waals surface area contributed by atoms with Gasteiger partial charge in [0, 0.05) is 6.54 Å². The predicted molar refractivity (Wildman–Crippen MR) is 93.3 cm³/mol. The standard InChI is InChI=1S/C14H20N8O6S/c1-16-9-8(17-12(15)18-9)11-20-19-10(27-11)6-4-14(2-3-14)7-5-21(6)13(23)22(7)28-29(24,25)26/h6-9,16H,2-5H2,1H3,(H3,15,17,18)(H,24,25,26)/t6-,7-,8?,9?/m0/s1. The largest absolute Gasteiger partial charge is 0.421 e. The quantitative estimate of drug-likeness (QED) is 0.356. The van der Waals surface area contributed by atoms with Crippen LogP contribution in [0.25, 0.3) is 0 Å². The number of hydrogen-bond donors (Lipinski definition) is 5. The van der Waals surface area contributed by atoms with Gasteiger partial charge in [0.2, 0.25) is 11.8 Å².